The standard InChI is InChI=1S/C15H17ClFNO2S/c1-10(7-19-2)20-8-12-5-11(3-4-14(12)17)15-18-13(6-16)9-21-15/h3-5,9-10H,6-8H2,1-2H3. The van der Waals surface area contributed by atoms with Gasteiger partial charge in [-0.2, -0.15) is 0 Å². The first kappa shape index (κ1) is 16.4. The number of benzene rings is 1. The normalized spacial score (nSPS) is 12.6. The fourth-order valence-corrected chi connectivity index (χ4v) is 2.88. The number of nitrogens with zero attached hydrogens (tertiary/aromatic N) is 1. The number of hydrogen-bond acceptors (Lipinski definition) is 4. The number of ether oxygens (including phenoxy) is 2. The second kappa shape index (κ2) is 7.84. The fraction of sp³-hybridized carbons (Fsp3) is 0.400. The molecule has 1 heterocycles. The molecule has 0 fully saturated rings. The number of aromatic nitrogens is 1. The molecule has 3 nitrogen and oxygen atoms in total. The zero-order valence-electron chi connectivity index (χ0n) is 11.9. The quantitative estimate of drug-likeness (QED) is 0.712. The number of rotatable bonds is 7. The van der Waals surface area contributed by atoms with Gasteiger partial charge >= 0.3 is 0 Å². The Morgan fingerprint density at radius 2 is 2.24 bits per heavy atom. The van der Waals surface area contributed by atoms with E-state index in [0.29, 0.717) is 18.1 Å². The van der Waals surface area contributed by atoms with Crippen LogP contribution in [0.25, 0.3) is 10.6 Å². The first-order chi connectivity index (χ1) is 10.1. The molecule has 2 aromatic rings. The van der Waals surface area contributed by atoms with Crippen molar-refractivity contribution >= 4 is 22.9 Å². The highest BCUT2D eigenvalue weighted by Crippen LogP contribution is 2.26. The van der Waals surface area contributed by atoms with Crippen molar-refractivity contribution in [1.82, 2.24) is 4.98 Å². The lowest BCUT2D eigenvalue weighted by Crippen LogP contribution is -2.14. The van der Waals surface area contributed by atoms with Crippen molar-refractivity contribution in [1.29, 1.82) is 0 Å². The number of halogens is 2. The van der Waals surface area contributed by atoms with E-state index in [-0.39, 0.29) is 18.5 Å². The van der Waals surface area contributed by atoms with Crippen LogP contribution >= 0.6 is 22.9 Å². The molecule has 1 aromatic carbocycles. The van der Waals surface area contributed by atoms with Gasteiger partial charge in [-0.3, -0.25) is 0 Å². The summed E-state index contributed by atoms with van der Waals surface area (Å²) in [6, 6.07) is 4.93. The van der Waals surface area contributed by atoms with Crippen molar-refractivity contribution in [3.05, 3.63) is 40.7 Å². The van der Waals surface area contributed by atoms with E-state index >= 15 is 0 Å². The minimum atomic E-state index is -0.280. The molecule has 0 spiro atoms. The van der Waals surface area contributed by atoms with Gasteiger partial charge in [-0.25, -0.2) is 9.37 Å². The largest absolute Gasteiger partial charge is 0.382 e. The van der Waals surface area contributed by atoms with Gasteiger partial charge in [0.1, 0.15) is 10.8 Å². The summed E-state index contributed by atoms with van der Waals surface area (Å²) in [5.41, 5.74) is 2.21. The Hall–Kier alpha value is -1.01. The maximum atomic E-state index is 13.8. The summed E-state index contributed by atoms with van der Waals surface area (Å²) < 4.78 is 24.4. The number of thiazole rings is 1. The Bertz CT molecular complexity index is 591. The molecule has 0 aliphatic carbocycles. The van der Waals surface area contributed by atoms with Crippen molar-refractivity contribution in [2.45, 2.75) is 25.5 Å². The average molecular weight is 330 g/mol. The highest BCUT2D eigenvalue weighted by molar-refractivity contribution is 7.13. The zero-order valence-corrected chi connectivity index (χ0v) is 13.5. The van der Waals surface area contributed by atoms with E-state index in [1.54, 1.807) is 19.2 Å². The van der Waals surface area contributed by atoms with Crippen LogP contribution in [0.15, 0.2) is 23.6 Å². The number of methoxy groups -OCH3 is 1. The van der Waals surface area contributed by atoms with E-state index in [9.17, 15) is 4.39 Å². The molecule has 2 rings (SSSR count). The van der Waals surface area contributed by atoms with Crippen LogP contribution < -0.4 is 0 Å². The first-order valence-corrected chi connectivity index (χ1v) is 7.95. The molecule has 0 N–H and O–H groups in total. The minimum absolute atomic E-state index is 0.0826. The first-order valence-electron chi connectivity index (χ1n) is 6.53. The predicted molar refractivity (Wildman–Crippen MR) is 83.2 cm³/mol. The van der Waals surface area contributed by atoms with Gasteiger partial charge in [0.25, 0.3) is 0 Å². The topological polar surface area (TPSA) is 31.4 Å². The summed E-state index contributed by atoms with van der Waals surface area (Å²) in [5.74, 6) is 0.0971. The van der Waals surface area contributed by atoms with E-state index in [2.05, 4.69) is 4.98 Å². The van der Waals surface area contributed by atoms with Crippen molar-refractivity contribution < 1.29 is 13.9 Å². The summed E-state index contributed by atoms with van der Waals surface area (Å²) in [7, 11) is 1.61. The number of alkyl halides is 1. The third-order valence-corrected chi connectivity index (χ3v) is 4.12. The second-order valence-corrected chi connectivity index (χ2v) is 5.79. The summed E-state index contributed by atoms with van der Waals surface area (Å²) in [4.78, 5) is 4.40. The van der Waals surface area contributed by atoms with Gasteiger partial charge < -0.3 is 9.47 Å². The van der Waals surface area contributed by atoms with Crippen LogP contribution in [-0.2, 0) is 22.0 Å². The molecule has 1 unspecified atom stereocenters. The number of hydrogen-bond donors (Lipinski definition) is 0. The molecule has 6 heteroatoms. The van der Waals surface area contributed by atoms with Crippen LogP contribution in [-0.4, -0.2) is 24.8 Å². The highest BCUT2D eigenvalue weighted by Gasteiger charge is 2.10. The van der Waals surface area contributed by atoms with Gasteiger partial charge in [0.05, 0.1) is 30.9 Å². The molecule has 0 radical (unpaired) electrons. The second-order valence-electron chi connectivity index (χ2n) is 4.66. The van der Waals surface area contributed by atoms with E-state index in [1.807, 2.05) is 12.3 Å². The zero-order chi connectivity index (χ0) is 15.2. The van der Waals surface area contributed by atoms with Gasteiger partial charge in [-0.05, 0) is 25.1 Å². The third kappa shape index (κ3) is 4.48. The van der Waals surface area contributed by atoms with Crippen molar-refractivity contribution in [2.75, 3.05) is 13.7 Å². The summed E-state index contributed by atoms with van der Waals surface area (Å²) in [6.45, 7) is 2.57. The maximum absolute atomic E-state index is 13.8. The molecule has 0 saturated carbocycles. The maximum Gasteiger partial charge on any atom is 0.128 e. The van der Waals surface area contributed by atoms with E-state index in [0.717, 1.165) is 16.3 Å². The lowest BCUT2D eigenvalue weighted by molar-refractivity contribution is -0.00108. The van der Waals surface area contributed by atoms with Gasteiger partial charge in [-0.15, -0.1) is 22.9 Å². The Morgan fingerprint density at radius 3 is 2.90 bits per heavy atom. The van der Waals surface area contributed by atoms with Crippen LogP contribution in [0.5, 0.6) is 0 Å². The molecule has 21 heavy (non-hydrogen) atoms. The molecule has 0 aliphatic heterocycles. The van der Waals surface area contributed by atoms with Crippen molar-refractivity contribution in [3.8, 4) is 10.6 Å². The van der Waals surface area contributed by atoms with Gasteiger partial charge in [0.15, 0.2) is 0 Å². The molecular weight excluding hydrogens is 313 g/mol. The van der Waals surface area contributed by atoms with Crippen LogP contribution in [0.4, 0.5) is 4.39 Å². The lowest BCUT2D eigenvalue weighted by atomic mass is 10.1. The molecular formula is C15H17ClFNO2S. The fourth-order valence-electron chi connectivity index (χ4n) is 1.83. The Balaban J connectivity index is 2.13. The highest BCUT2D eigenvalue weighted by atomic mass is 35.5. The molecule has 0 amide bonds. The molecule has 0 saturated heterocycles. The molecule has 114 valence electrons. The smallest absolute Gasteiger partial charge is 0.128 e. The van der Waals surface area contributed by atoms with Gasteiger partial charge in [0, 0.05) is 23.6 Å². The van der Waals surface area contributed by atoms with Crippen LogP contribution in [0, 0.1) is 5.82 Å². The van der Waals surface area contributed by atoms with Crippen molar-refractivity contribution in [3.63, 3.8) is 0 Å². The monoisotopic (exact) mass is 329 g/mol. The Morgan fingerprint density at radius 1 is 1.43 bits per heavy atom. The van der Waals surface area contributed by atoms with Gasteiger partial charge in [0.2, 0.25) is 0 Å². The van der Waals surface area contributed by atoms with Crippen LogP contribution in [0.2, 0.25) is 0 Å². The van der Waals surface area contributed by atoms with E-state index in [4.69, 9.17) is 21.1 Å². The average Bonchev–Trinajstić information content (AvgIpc) is 2.95. The van der Waals surface area contributed by atoms with Crippen LogP contribution in [0.3, 0.4) is 0 Å². The lowest BCUT2D eigenvalue weighted by Gasteiger charge is -2.12. The van der Waals surface area contributed by atoms with Crippen LogP contribution in [0.1, 0.15) is 18.2 Å². The predicted octanol–water partition coefficient (Wildman–Crippen LogP) is 4.24. The van der Waals surface area contributed by atoms with Gasteiger partial charge in [-0.1, -0.05) is 0 Å². The Labute approximate surface area is 132 Å². The summed E-state index contributed by atoms with van der Waals surface area (Å²) >= 11 is 7.25. The van der Waals surface area contributed by atoms with Crippen molar-refractivity contribution in [2.24, 2.45) is 0 Å². The molecule has 0 aliphatic rings. The Kier molecular flexibility index (Phi) is 6.11. The molecule has 1 atom stereocenters. The van der Waals surface area contributed by atoms with E-state index < -0.39 is 0 Å². The molecule has 1 aromatic heterocycles. The summed E-state index contributed by atoms with van der Waals surface area (Å²) in [5, 5.41) is 2.74. The SMILES string of the molecule is COCC(C)OCc1cc(-c2nc(CCl)cs2)ccc1F. The molecule has 0 bridgehead atoms. The minimum Gasteiger partial charge on any atom is -0.382 e. The summed E-state index contributed by atoms with van der Waals surface area (Å²) in [6.07, 6.45) is -0.0826. The van der Waals surface area contributed by atoms with E-state index in [1.165, 1.54) is 17.4 Å². The third-order valence-electron chi connectivity index (χ3n) is 2.91.